The van der Waals surface area contributed by atoms with E-state index in [9.17, 15) is 9.59 Å². The summed E-state index contributed by atoms with van der Waals surface area (Å²) in [5, 5.41) is 20.6. The molecule has 2 atom stereocenters. The van der Waals surface area contributed by atoms with Crippen LogP contribution in [-0.2, 0) is 20.7 Å². The monoisotopic (exact) mass is 442 g/mol. The van der Waals surface area contributed by atoms with E-state index in [0.717, 1.165) is 5.56 Å². The molecule has 0 spiro atoms. The third-order valence-electron chi connectivity index (χ3n) is 4.55. The number of ether oxygens (including phenoxy) is 2. The summed E-state index contributed by atoms with van der Waals surface area (Å²) in [7, 11) is 0. The number of anilines is 1. The normalized spacial score (nSPS) is 19.3. The van der Waals surface area contributed by atoms with Gasteiger partial charge in [-0.1, -0.05) is 11.6 Å². The highest BCUT2D eigenvalue weighted by Gasteiger charge is 2.39. The van der Waals surface area contributed by atoms with Gasteiger partial charge in [0.15, 0.2) is 5.15 Å². The van der Waals surface area contributed by atoms with Crippen LogP contribution < -0.4 is 5.32 Å². The fraction of sp³-hybridized carbons (Fsp3) is 0.700. The Kier molecular flexibility index (Phi) is 8.66. The van der Waals surface area contributed by atoms with Crippen LogP contribution in [-0.4, -0.2) is 69.7 Å². The van der Waals surface area contributed by atoms with Gasteiger partial charge in [0.05, 0.1) is 6.61 Å². The summed E-state index contributed by atoms with van der Waals surface area (Å²) >= 11 is 6.08. The number of amides is 1. The number of piperidine rings is 1. The molecule has 2 N–H and O–H groups in total. The zero-order chi connectivity index (χ0) is 22.3. The molecule has 1 aliphatic heterocycles. The molecule has 1 fully saturated rings. The first-order chi connectivity index (χ1) is 14.1. The molecule has 2 rings (SSSR count). The van der Waals surface area contributed by atoms with Crippen LogP contribution in [0.25, 0.3) is 0 Å². The zero-order valence-electron chi connectivity index (χ0n) is 18.0. The van der Waals surface area contributed by atoms with E-state index < -0.39 is 23.7 Å². The van der Waals surface area contributed by atoms with E-state index in [1.165, 1.54) is 4.90 Å². The average Bonchev–Trinajstić information content (AvgIpc) is 2.67. The van der Waals surface area contributed by atoms with E-state index in [2.05, 4.69) is 15.5 Å². The van der Waals surface area contributed by atoms with Gasteiger partial charge in [0.25, 0.3) is 0 Å². The van der Waals surface area contributed by atoms with E-state index in [0.29, 0.717) is 36.7 Å². The second-order valence-corrected chi connectivity index (χ2v) is 8.55. The topological polar surface area (TPSA) is 114 Å². The lowest BCUT2D eigenvalue weighted by Gasteiger charge is -2.39. The molecular formula is C20H31ClN4O5. The van der Waals surface area contributed by atoms with Crippen LogP contribution in [0.3, 0.4) is 0 Å². The quantitative estimate of drug-likeness (QED) is 0.619. The van der Waals surface area contributed by atoms with E-state index in [1.54, 1.807) is 33.8 Å². The maximum Gasteiger partial charge on any atom is 0.411 e. The largest absolute Gasteiger partial charge is 0.464 e. The Morgan fingerprint density at radius 3 is 2.70 bits per heavy atom. The number of hydrogen-bond donors (Lipinski definition) is 2. The van der Waals surface area contributed by atoms with Crippen molar-refractivity contribution in [1.82, 2.24) is 15.1 Å². The number of carbonyl (C=O) groups is 2. The van der Waals surface area contributed by atoms with Crippen molar-refractivity contribution < 1.29 is 24.2 Å². The molecule has 2 heterocycles. The van der Waals surface area contributed by atoms with Gasteiger partial charge in [-0.15, -0.1) is 10.2 Å². The van der Waals surface area contributed by atoms with E-state index in [4.69, 9.17) is 26.2 Å². The smallest absolute Gasteiger partial charge is 0.411 e. The summed E-state index contributed by atoms with van der Waals surface area (Å²) < 4.78 is 10.6. The average molecular weight is 443 g/mol. The van der Waals surface area contributed by atoms with Gasteiger partial charge in [-0.2, -0.15) is 0 Å². The number of aromatic nitrogens is 2. The lowest BCUT2D eigenvalue weighted by molar-refractivity contribution is -0.150. The molecular weight excluding hydrogens is 412 g/mol. The van der Waals surface area contributed by atoms with Gasteiger partial charge in [-0.05, 0) is 65.0 Å². The number of nitrogens with one attached hydrogen (secondary N) is 1. The third-order valence-corrected chi connectivity index (χ3v) is 4.86. The molecule has 168 valence electrons. The summed E-state index contributed by atoms with van der Waals surface area (Å²) in [4.78, 5) is 26.5. The zero-order valence-corrected chi connectivity index (χ0v) is 18.7. The number of aliphatic hydroxyl groups is 1. The van der Waals surface area contributed by atoms with E-state index in [-0.39, 0.29) is 25.8 Å². The number of rotatable bonds is 7. The van der Waals surface area contributed by atoms with Crippen LogP contribution in [0.2, 0.25) is 5.15 Å². The van der Waals surface area contributed by atoms with Crippen molar-refractivity contribution in [3.05, 3.63) is 16.8 Å². The van der Waals surface area contributed by atoms with Crippen LogP contribution in [0, 0.1) is 0 Å². The summed E-state index contributed by atoms with van der Waals surface area (Å²) in [6.07, 6.45) is 1.67. The van der Waals surface area contributed by atoms with Gasteiger partial charge in [0.1, 0.15) is 17.5 Å². The number of nitrogens with zero attached hydrogens (tertiary/aromatic N) is 3. The SMILES string of the molecule is CCOC(=O)[C@@H]1CC[C@@H](Nc2cc(CCCO)c(Cl)nn2)CN1C(=O)OC(C)(C)C. The second kappa shape index (κ2) is 10.8. The molecule has 1 aromatic rings. The van der Waals surface area contributed by atoms with Crippen LogP contribution in [0.4, 0.5) is 10.6 Å². The first kappa shape index (κ1) is 24.1. The van der Waals surface area contributed by atoms with Crippen molar-refractivity contribution >= 4 is 29.5 Å². The summed E-state index contributed by atoms with van der Waals surface area (Å²) in [6, 6.07) is 0.957. The number of halogens is 1. The number of aliphatic hydroxyl groups excluding tert-OH is 1. The summed E-state index contributed by atoms with van der Waals surface area (Å²) in [5.74, 6) is 0.0930. The number of esters is 1. The Labute approximate surface area is 182 Å². The van der Waals surface area contributed by atoms with Crippen molar-refractivity contribution in [3.63, 3.8) is 0 Å². The van der Waals surface area contributed by atoms with Crippen molar-refractivity contribution in [2.75, 3.05) is 25.1 Å². The minimum absolute atomic E-state index is 0.0597. The molecule has 0 unspecified atom stereocenters. The molecule has 1 amide bonds. The van der Waals surface area contributed by atoms with Gasteiger partial charge < -0.3 is 19.9 Å². The van der Waals surface area contributed by atoms with Crippen molar-refractivity contribution in [2.24, 2.45) is 0 Å². The van der Waals surface area contributed by atoms with Gasteiger partial charge in [0, 0.05) is 19.2 Å². The first-order valence-corrected chi connectivity index (χ1v) is 10.6. The third kappa shape index (κ3) is 6.98. The Bertz CT molecular complexity index is 740. The Balaban J connectivity index is 2.14. The molecule has 0 radical (unpaired) electrons. The maximum atomic E-state index is 12.7. The van der Waals surface area contributed by atoms with Gasteiger partial charge in [-0.25, -0.2) is 9.59 Å². The molecule has 30 heavy (non-hydrogen) atoms. The molecule has 0 aliphatic carbocycles. The van der Waals surface area contributed by atoms with Crippen LogP contribution >= 0.6 is 11.6 Å². The number of likely N-dealkylation sites (tertiary alicyclic amines) is 1. The second-order valence-electron chi connectivity index (χ2n) is 8.19. The van der Waals surface area contributed by atoms with Crippen molar-refractivity contribution in [2.45, 2.75) is 71.1 Å². The minimum Gasteiger partial charge on any atom is -0.464 e. The number of carbonyl (C=O) groups excluding carboxylic acids is 2. The molecule has 1 aromatic heterocycles. The molecule has 10 heteroatoms. The van der Waals surface area contributed by atoms with Crippen LogP contribution in [0.5, 0.6) is 0 Å². The van der Waals surface area contributed by atoms with Crippen molar-refractivity contribution in [3.8, 4) is 0 Å². The number of hydrogen-bond acceptors (Lipinski definition) is 8. The molecule has 0 bridgehead atoms. The van der Waals surface area contributed by atoms with Crippen LogP contribution in [0.1, 0.15) is 52.5 Å². The maximum absolute atomic E-state index is 12.7. The standard InChI is InChI=1S/C20H31ClN4O5/c1-5-29-18(27)15-9-8-14(12-25(15)19(28)30-20(2,3)4)22-16-11-13(7-6-10-26)17(21)24-23-16/h11,14-15,26H,5-10,12H2,1-4H3,(H,22,23)/t14-,15+/m1/s1. The highest BCUT2D eigenvalue weighted by molar-refractivity contribution is 6.30. The van der Waals surface area contributed by atoms with Gasteiger partial charge >= 0.3 is 12.1 Å². The van der Waals surface area contributed by atoms with Crippen LogP contribution in [0.15, 0.2) is 6.07 Å². The molecule has 9 nitrogen and oxygen atoms in total. The lowest BCUT2D eigenvalue weighted by atomic mass is 9.98. The Morgan fingerprint density at radius 2 is 2.07 bits per heavy atom. The van der Waals surface area contributed by atoms with E-state index >= 15 is 0 Å². The summed E-state index contributed by atoms with van der Waals surface area (Å²) in [6.45, 7) is 7.63. The fourth-order valence-electron chi connectivity index (χ4n) is 3.23. The molecule has 0 aromatic carbocycles. The number of aryl methyl sites for hydroxylation is 1. The fourth-order valence-corrected chi connectivity index (χ4v) is 3.42. The summed E-state index contributed by atoms with van der Waals surface area (Å²) in [5.41, 5.74) is 0.104. The van der Waals surface area contributed by atoms with Crippen molar-refractivity contribution in [1.29, 1.82) is 0 Å². The minimum atomic E-state index is -0.686. The highest BCUT2D eigenvalue weighted by atomic mass is 35.5. The van der Waals surface area contributed by atoms with Gasteiger partial charge in [0.2, 0.25) is 0 Å². The predicted molar refractivity (Wildman–Crippen MR) is 112 cm³/mol. The molecule has 1 saturated heterocycles. The highest BCUT2D eigenvalue weighted by Crippen LogP contribution is 2.25. The predicted octanol–water partition coefficient (Wildman–Crippen LogP) is 2.80. The Hall–Kier alpha value is -2.13. The lowest BCUT2D eigenvalue weighted by Crippen LogP contribution is -2.55. The van der Waals surface area contributed by atoms with E-state index in [1.807, 2.05) is 0 Å². The van der Waals surface area contributed by atoms with Gasteiger partial charge in [-0.3, -0.25) is 4.90 Å². The molecule has 1 aliphatic rings. The molecule has 0 saturated carbocycles. The Morgan fingerprint density at radius 1 is 1.33 bits per heavy atom. The first-order valence-electron chi connectivity index (χ1n) is 10.2.